The summed E-state index contributed by atoms with van der Waals surface area (Å²) in [4.78, 5) is 0. The van der Waals surface area contributed by atoms with Gasteiger partial charge in [-0.15, -0.1) is 11.6 Å². The molecular weight excluding hydrogens is 333 g/mol. The van der Waals surface area contributed by atoms with E-state index in [9.17, 15) is 0 Å². The van der Waals surface area contributed by atoms with Crippen molar-refractivity contribution in [3.05, 3.63) is 56.0 Å². The average molecular weight is 340 g/mol. The number of hydrogen-bond donors (Lipinski definition) is 0. The maximum absolute atomic E-state index is 6.04. The fraction of sp³-hybridized carbons (Fsp3) is 0.0769. The van der Waals surface area contributed by atoms with Crippen LogP contribution < -0.4 is 0 Å². The summed E-state index contributed by atoms with van der Waals surface area (Å²) in [6.07, 6.45) is 0. The summed E-state index contributed by atoms with van der Waals surface area (Å²) in [5, 5.41) is 1.78. The second kappa shape index (κ2) is 5.90. The van der Waals surface area contributed by atoms with E-state index in [1.165, 1.54) is 0 Å². The molecular formula is C13H7Cl5. The Morgan fingerprint density at radius 2 is 1.28 bits per heavy atom. The van der Waals surface area contributed by atoms with Gasteiger partial charge >= 0.3 is 0 Å². The van der Waals surface area contributed by atoms with Crippen LogP contribution in [0.4, 0.5) is 0 Å². The van der Waals surface area contributed by atoms with Gasteiger partial charge in [-0.2, -0.15) is 0 Å². The Morgan fingerprint density at radius 3 is 1.83 bits per heavy atom. The molecule has 5 heteroatoms. The molecule has 0 saturated carbocycles. The molecule has 0 nitrogen and oxygen atoms in total. The van der Waals surface area contributed by atoms with Gasteiger partial charge in [-0.05, 0) is 47.0 Å². The molecule has 0 aliphatic heterocycles. The molecule has 0 spiro atoms. The van der Waals surface area contributed by atoms with E-state index < -0.39 is 0 Å². The fourth-order valence-corrected chi connectivity index (χ4v) is 2.62. The molecule has 2 rings (SSSR count). The first-order valence-corrected chi connectivity index (χ1v) is 7.06. The summed E-state index contributed by atoms with van der Waals surface area (Å²) in [6, 6.07) is 9.08. The number of hydrogen-bond acceptors (Lipinski definition) is 0. The summed E-state index contributed by atoms with van der Waals surface area (Å²) in [6.45, 7) is 0. The molecule has 0 N–H and O–H groups in total. The minimum absolute atomic E-state index is 0.349. The number of alkyl halides is 1. The molecule has 0 amide bonds. The first-order chi connectivity index (χ1) is 8.51. The zero-order valence-corrected chi connectivity index (χ0v) is 12.8. The van der Waals surface area contributed by atoms with Crippen molar-refractivity contribution in [2.45, 2.75) is 5.88 Å². The van der Waals surface area contributed by atoms with Crippen LogP contribution in [-0.4, -0.2) is 0 Å². The van der Waals surface area contributed by atoms with Crippen molar-refractivity contribution in [2.75, 3.05) is 0 Å². The van der Waals surface area contributed by atoms with Crippen LogP contribution in [0.25, 0.3) is 11.1 Å². The van der Waals surface area contributed by atoms with Crippen LogP contribution in [0.2, 0.25) is 20.1 Å². The first kappa shape index (κ1) is 14.3. The van der Waals surface area contributed by atoms with Crippen LogP contribution in [0.5, 0.6) is 0 Å². The number of rotatable bonds is 2. The molecule has 0 aliphatic carbocycles. The van der Waals surface area contributed by atoms with Crippen LogP contribution in [-0.2, 0) is 5.88 Å². The molecule has 0 saturated heterocycles. The zero-order valence-electron chi connectivity index (χ0n) is 8.98. The van der Waals surface area contributed by atoms with Gasteiger partial charge in [0, 0.05) is 10.9 Å². The van der Waals surface area contributed by atoms with E-state index in [0.717, 1.165) is 16.7 Å². The molecule has 0 unspecified atom stereocenters. The lowest BCUT2D eigenvalue weighted by Gasteiger charge is -2.08. The molecule has 0 aliphatic rings. The van der Waals surface area contributed by atoms with Gasteiger partial charge in [0.1, 0.15) is 0 Å². The van der Waals surface area contributed by atoms with Crippen LogP contribution in [0.15, 0.2) is 30.3 Å². The molecule has 2 aromatic rings. The van der Waals surface area contributed by atoms with Crippen molar-refractivity contribution in [1.82, 2.24) is 0 Å². The van der Waals surface area contributed by atoms with Gasteiger partial charge in [-0.1, -0.05) is 46.4 Å². The standard InChI is InChI=1S/C13H7Cl5/c14-6-7-1-8(3-10(15)2-7)9-4-11(16)13(18)12(17)5-9/h1-5H,6H2. The highest BCUT2D eigenvalue weighted by Crippen LogP contribution is 2.36. The predicted octanol–water partition coefficient (Wildman–Crippen LogP) is 6.71. The lowest BCUT2D eigenvalue weighted by Crippen LogP contribution is -1.84. The van der Waals surface area contributed by atoms with Crippen LogP contribution in [0.3, 0.4) is 0 Å². The molecule has 0 fully saturated rings. The van der Waals surface area contributed by atoms with Crippen LogP contribution >= 0.6 is 58.0 Å². The largest absolute Gasteiger partial charge is 0.122 e. The van der Waals surface area contributed by atoms with Crippen molar-refractivity contribution in [3.63, 3.8) is 0 Å². The molecule has 2 aromatic carbocycles. The minimum atomic E-state index is 0.349. The Balaban J connectivity index is 2.58. The molecule has 18 heavy (non-hydrogen) atoms. The Kier molecular flexibility index (Phi) is 4.69. The zero-order chi connectivity index (χ0) is 13.3. The van der Waals surface area contributed by atoms with Gasteiger partial charge in [-0.25, -0.2) is 0 Å². The van der Waals surface area contributed by atoms with E-state index in [-0.39, 0.29) is 0 Å². The maximum Gasteiger partial charge on any atom is 0.0778 e. The summed E-state index contributed by atoms with van der Waals surface area (Å²) in [5.74, 6) is 0.391. The topological polar surface area (TPSA) is 0 Å². The Morgan fingerprint density at radius 1 is 0.722 bits per heavy atom. The van der Waals surface area contributed by atoms with Gasteiger partial charge in [0.2, 0.25) is 0 Å². The third-order valence-electron chi connectivity index (χ3n) is 2.43. The highest BCUT2D eigenvalue weighted by molar-refractivity contribution is 6.48. The SMILES string of the molecule is ClCc1cc(Cl)cc(-c2cc(Cl)c(Cl)c(Cl)c2)c1. The van der Waals surface area contributed by atoms with Gasteiger partial charge in [0.15, 0.2) is 0 Å². The van der Waals surface area contributed by atoms with Crippen LogP contribution in [0.1, 0.15) is 5.56 Å². The normalized spacial score (nSPS) is 10.7. The van der Waals surface area contributed by atoms with Gasteiger partial charge in [0.05, 0.1) is 15.1 Å². The van der Waals surface area contributed by atoms with Gasteiger partial charge in [-0.3, -0.25) is 0 Å². The highest BCUT2D eigenvalue weighted by atomic mass is 35.5. The lowest BCUT2D eigenvalue weighted by atomic mass is 10.0. The van der Waals surface area contributed by atoms with Crippen molar-refractivity contribution in [1.29, 1.82) is 0 Å². The number of halogens is 5. The van der Waals surface area contributed by atoms with Crippen LogP contribution in [0, 0.1) is 0 Å². The summed E-state index contributed by atoms with van der Waals surface area (Å²) in [5.41, 5.74) is 2.68. The second-order valence-electron chi connectivity index (χ2n) is 3.74. The smallest absolute Gasteiger partial charge is 0.0778 e. The van der Waals surface area contributed by atoms with E-state index in [0.29, 0.717) is 26.0 Å². The first-order valence-electron chi connectivity index (χ1n) is 5.01. The molecule has 0 heterocycles. The minimum Gasteiger partial charge on any atom is -0.122 e. The van der Waals surface area contributed by atoms with Gasteiger partial charge < -0.3 is 0 Å². The Bertz CT molecular complexity index is 569. The van der Waals surface area contributed by atoms with E-state index in [1.54, 1.807) is 12.1 Å². The third-order valence-corrected chi connectivity index (χ3v) is 4.15. The van der Waals surface area contributed by atoms with Crippen molar-refractivity contribution in [2.24, 2.45) is 0 Å². The summed E-state index contributed by atoms with van der Waals surface area (Å²) in [7, 11) is 0. The Hall–Kier alpha value is -0.110. The maximum atomic E-state index is 6.04. The Labute approximate surface area is 130 Å². The third kappa shape index (κ3) is 3.07. The van der Waals surface area contributed by atoms with E-state index >= 15 is 0 Å². The van der Waals surface area contributed by atoms with Gasteiger partial charge in [0.25, 0.3) is 0 Å². The lowest BCUT2D eigenvalue weighted by molar-refractivity contribution is 1.40. The van der Waals surface area contributed by atoms with E-state index in [1.807, 2.05) is 18.2 Å². The summed E-state index contributed by atoms with van der Waals surface area (Å²) >= 11 is 29.8. The monoisotopic (exact) mass is 338 g/mol. The predicted molar refractivity (Wildman–Crippen MR) is 81.5 cm³/mol. The molecule has 0 radical (unpaired) electrons. The van der Waals surface area contributed by atoms with Crippen molar-refractivity contribution in [3.8, 4) is 11.1 Å². The fourth-order valence-electron chi connectivity index (χ4n) is 1.62. The highest BCUT2D eigenvalue weighted by Gasteiger charge is 2.08. The second-order valence-corrected chi connectivity index (χ2v) is 5.63. The summed E-state index contributed by atoms with van der Waals surface area (Å²) < 4.78 is 0. The quantitative estimate of drug-likeness (QED) is 0.421. The molecule has 0 bridgehead atoms. The average Bonchev–Trinajstić information content (AvgIpc) is 2.34. The molecule has 0 atom stereocenters. The van der Waals surface area contributed by atoms with E-state index in [4.69, 9.17) is 58.0 Å². The molecule has 94 valence electrons. The van der Waals surface area contributed by atoms with E-state index in [2.05, 4.69) is 0 Å². The van der Waals surface area contributed by atoms with Crippen molar-refractivity contribution < 1.29 is 0 Å². The van der Waals surface area contributed by atoms with Crippen molar-refractivity contribution >= 4 is 58.0 Å². The molecule has 0 aromatic heterocycles. The number of benzene rings is 2.